The van der Waals surface area contributed by atoms with Crippen LogP contribution in [0.2, 0.25) is 0 Å². The molecule has 6 heteroatoms. The molecule has 0 saturated heterocycles. The van der Waals surface area contributed by atoms with E-state index in [1.165, 1.54) is 5.06 Å². The second kappa shape index (κ2) is 7.02. The maximum atomic E-state index is 10.9. The smallest absolute Gasteiger partial charge is 0.302 e. The summed E-state index contributed by atoms with van der Waals surface area (Å²) in [4.78, 5) is 17.8. The predicted octanol–water partition coefficient (Wildman–Crippen LogP) is 2.35. The normalized spacial score (nSPS) is 13.8. The van der Waals surface area contributed by atoms with E-state index in [1.54, 1.807) is 0 Å². The lowest BCUT2D eigenvalue weighted by Gasteiger charge is -2.28. The lowest BCUT2D eigenvalue weighted by Crippen LogP contribution is -2.35. The molecule has 0 aliphatic rings. The van der Waals surface area contributed by atoms with Gasteiger partial charge < -0.3 is 9.79 Å². The van der Waals surface area contributed by atoms with E-state index in [-0.39, 0.29) is 6.04 Å². The highest BCUT2D eigenvalue weighted by Gasteiger charge is 2.25. The van der Waals surface area contributed by atoms with Crippen LogP contribution in [0.25, 0.3) is 0 Å². The van der Waals surface area contributed by atoms with Crippen molar-refractivity contribution < 1.29 is 19.0 Å². The van der Waals surface area contributed by atoms with Crippen molar-refractivity contribution in [3.05, 3.63) is 35.9 Å². The van der Waals surface area contributed by atoms with E-state index >= 15 is 0 Å². The van der Waals surface area contributed by atoms with Crippen molar-refractivity contribution in [3.8, 4) is 0 Å². The first-order valence-electron chi connectivity index (χ1n) is 6.02. The largest absolute Gasteiger partial charge is 0.486 e. The van der Waals surface area contributed by atoms with Crippen LogP contribution in [-0.2, 0) is 15.6 Å². The van der Waals surface area contributed by atoms with Gasteiger partial charge in [-0.1, -0.05) is 44.2 Å². The minimum atomic E-state index is -4.48. The molecular formula is C12H20NO4P. The van der Waals surface area contributed by atoms with Crippen LogP contribution in [0.3, 0.4) is 0 Å². The summed E-state index contributed by atoms with van der Waals surface area (Å²) in [5.41, 5.74) is 1.12. The zero-order valence-corrected chi connectivity index (χ0v) is 11.6. The Hall–Kier alpha value is -0.710. The van der Waals surface area contributed by atoms with Crippen molar-refractivity contribution in [2.45, 2.75) is 32.7 Å². The Kier molecular flexibility index (Phi) is 5.99. The quantitative estimate of drug-likeness (QED) is 0.589. The van der Waals surface area contributed by atoms with Crippen LogP contribution in [0, 0.1) is 0 Å². The maximum Gasteiger partial charge on any atom is 0.486 e. The van der Waals surface area contributed by atoms with E-state index in [1.807, 2.05) is 44.2 Å². The molecule has 0 heterocycles. The van der Waals surface area contributed by atoms with E-state index in [0.717, 1.165) is 12.0 Å². The number of hydrogen-bond acceptors (Lipinski definition) is 3. The summed E-state index contributed by atoms with van der Waals surface area (Å²) in [6.45, 7) is 4.21. The van der Waals surface area contributed by atoms with Gasteiger partial charge in [0, 0.05) is 12.6 Å². The summed E-state index contributed by atoms with van der Waals surface area (Å²) in [5.74, 6) is 0. The summed E-state index contributed by atoms with van der Waals surface area (Å²) < 4.78 is 15.6. The van der Waals surface area contributed by atoms with Crippen LogP contribution < -0.4 is 0 Å². The third kappa shape index (κ3) is 5.29. The molecule has 0 saturated carbocycles. The molecule has 18 heavy (non-hydrogen) atoms. The third-order valence-corrected chi connectivity index (χ3v) is 3.14. The Bertz CT molecular complexity index is 392. The SMILES string of the molecule is CCC(Cc1ccccc1)N(CC)OP(=O)(O)O. The Balaban J connectivity index is 2.71. The molecule has 0 aromatic heterocycles. The Morgan fingerprint density at radius 1 is 1.28 bits per heavy atom. The van der Waals surface area contributed by atoms with Crippen molar-refractivity contribution in [2.24, 2.45) is 0 Å². The number of benzene rings is 1. The summed E-state index contributed by atoms with van der Waals surface area (Å²) in [7, 11) is -4.48. The first-order valence-corrected chi connectivity index (χ1v) is 7.55. The van der Waals surface area contributed by atoms with Crippen LogP contribution in [0.4, 0.5) is 0 Å². The molecule has 102 valence electrons. The molecule has 0 bridgehead atoms. The molecule has 1 aromatic carbocycles. The van der Waals surface area contributed by atoms with Crippen molar-refractivity contribution in [1.29, 1.82) is 0 Å². The molecule has 0 aliphatic heterocycles. The molecule has 0 amide bonds. The molecule has 0 fully saturated rings. The van der Waals surface area contributed by atoms with Crippen molar-refractivity contribution in [1.82, 2.24) is 5.06 Å². The third-order valence-electron chi connectivity index (χ3n) is 2.72. The average molecular weight is 273 g/mol. The highest BCUT2D eigenvalue weighted by atomic mass is 31.2. The predicted molar refractivity (Wildman–Crippen MR) is 69.7 cm³/mol. The van der Waals surface area contributed by atoms with E-state index in [2.05, 4.69) is 0 Å². The number of nitrogens with zero attached hydrogens (tertiary/aromatic N) is 1. The topological polar surface area (TPSA) is 70.0 Å². The standard InChI is InChI=1S/C12H20NO4P/c1-3-12(10-11-8-6-5-7-9-11)13(4-2)17-18(14,15)16/h5-9,12H,3-4,10H2,1-2H3,(H2,14,15,16). The van der Waals surface area contributed by atoms with Crippen LogP contribution in [0.15, 0.2) is 30.3 Å². The number of rotatable bonds is 7. The molecule has 5 nitrogen and oxygen atoms in total. The van der Waals surface area contributed by atoms with Crippen LogP contribution in [0.5, 0.6) is 0 Å². The number of hydroxylamine groups is 2. The second-order valence-electron chi connectivity index (χ2n) is 4.06. The van der Waals surface area contributed by atoms with E-state index in [0.29, 0.717) is 13.0 Å². The Morgan fingerprint density at radius 2 is 1.89 bits per heavy atom. The monoisotopic (exact) mass is 273 g/mol. The fourth-order valence-corrected chi connectivity index (χ4v) is 2.38. The molecular weight excluding hydrogens is 253 g/mol. The molecule has 2 N–H and O–H groups in total. The minimum absolute atomic E-state index is 0.0509. The average Bonchev–Trinajstić information content (AvgIpc) is 2.33. The number of phosphoric acid groups is 1. The van der Waals surface area contributed by atoms with Gasteiger partial charge >= 0.3 is 7.82 Å². The van der Waals surface area contributed by atoms with E-state index < -0.39 is 7.82 Å². The van der Waals surface area contributed by atoms with Gasteiger partial charge in [-0.3, -0.25) is 0 Å². The summed E-state index contributed by atoms with van der Waals surface area (Å²) in [6.07, 6.45) is 1.45. The fraction of sp³-hybridized carbons (Fsp3) is 0.500. The van der Waals surface area contributed by atoms with Gasteiger partial charge in [0.2, 0.25) is 0 Å². The molecule has 1 aromatic rings. The molecule has 0 radical (unpaired) electrons. The minimum Gasteiger partial charge on any atom is -0.302 e. The fourth-order valence-electron chi connectivity index (χ4n) is 1.86. The van der Waals surface area contributed by atoms with Crippen molar-refractivity contribution in [3.63, 3.8) is 0 Å². The van der Waals surface area contributed by atoms with Gasteiger partial charge in [0.15, 0.2) is 0 Å². The van der Waals surface area contributed by atoms with Gasteiger partial charge in [-0.05, 0) is 18.4 Å². The van der Waals surface area contributed by atoms with Gasteiger partial charge in [-0.2, -0.15) is 9.69 Å². The first-order chi connectivity index (χ1) is 8.46. The van der Waals surface area contributed by atoms with Gasteiger partial charge in [-0.25, -0.2) is 4.57 Å². The zero-order valence-electron chi connectivity index (χ0n) is 10.7. The van der Waals surface area contributed by atoms with E-state index in [4.69, 9.17) is 14.4 Å². The highest BCUT2D eigenvalue weighted by Crippen LogP contribution is 2.38. The lowest BCUT2D eigenvalue weighted by atomic mass is 10.0. The van der Waals surface area contributed by atoms with Crippen LogP contribution >= 0.6 is 7.82 Å². The molecule has 1 atom stereocenters. The molecule has 1 rings (SSSR count). The van der Waals surface area contributed by atoms with Crippen LogP contribution in [-0.4, -0.2) is 27.4 Å². The number of likely N-dealkylation sites (N-methyl/N-ethyl adjacent to an activating group) is 1. The molecule has 1 unspecified atom stereocenters. The summed E-state index contributed by atoms with van der Waals surface area (Å²) in [6, 6.07) is 9.77. The zero-order chi connectivity index (χ0) is 13.6. The second-order valence-corrected chi connectivity index (χ2v) is 5.20. The lowest BCUT2D eigenvalue weighted by molar-refractivity contribution is -0.111. The van der Waals surface area contributed by atoms with Gasteiger partial charge in [0.25, 0.3) is 0 Å². The Morgan fingerprint density at radius 3 is 2.33 bits per heavy atom. The van der Waals surface area contributed by atoms with Gasteiger partial charge in [-0.15, -0.1) is 0 Å². The van der Waals surface area contributed by atoms with Crippen LogP contribution in [0.1, 0.15) is 25.8 Å². The molecule has 0 spiro atoms. The summed E-state index contributed by atoms with van der Waals surface area (Å²) in [5, 5.41) is 1.37. The maximum absolute atomic E-state index is 10.9. The molecule has 0 aliphatic carbocycles. The first kappa shape index (κ1) is 15.3. The highest BCUT2D eigenvalue weighted by molar-refractivity contribution is 7.46. The van der Waals surface area contributed by atoms with Gasteiger partial charge in [0.1, 0.15) is 0 Å². The number of hydrogen-bond donors (Lipinski definition) is 2. The van der Waals surface area contributed by atoms with E-state index in [9.17, 15) is 4.57 Å². The van der Waals surface area contributed by atoms with Crippen molar-refractivity contribution in [2.75, 3.05) is 6.54 Å². The Labute approximate surface area is 108 Å². The van der Waals surface area contributed by atoms with Crippen molar-refractivity contribution >= 4 is 7.82 Å². The summed E-state index contributed by atoms with van der Waals surface area (Å²) >= 11 is 0. The van der Waals surface area contributed by atoms with Gasteiger partial charge in [0.05, 0.1) is 0 Å².